The maximum absolute atomic E-state index is 13.0. The van der Waals surface area contributed by atoms with Crippen LogP contribution in [0.3, 0.4) is 0 Å². The van der Waals surface area contributed by atoms with E-state index in [-0.39, 0.29) is 28.5 Å². The molecule has 0 bridgehead atoms. The van der Waals surface area contributed by atoms with Gasteiger partial charge in [-0.05, 0) is 44.2 Å². The largest absolute Gasteiger partial charge is 0.416 e. The van der Waals surface area contributed by atoms with Crippen molar-refractivity contribution >= 4 is 33.2 Å². The summed E-state index contributed by atoms with van der Waals surface area (Å²) < 4.78 is 72.6. The number of hydrogen-bond acceptors (Lipinski definition) is 4. The van der Waals surface area contributed by atoms with Crippen molar-refractivity contribution in [3.05, 3.63) is 58.6 Å². The minimum atomic E-state index is -4.74. The van der Waals surface area contributed by atoms with E-state index in [0.29, 0.717) is 25.2 Å². The molecule has 1 amide bonds. The number of anilines is 1. The van der Waals surface area contributed by atoms with E-state index in [2.05, 4.69) is 4.72 Å². The van der Waals surface area contributed by atoms with E-state index in [9.17, 15) is 26.4 Å². The minimum absolute atomic E-state index is 0.0622. The Morgan fingerprint density at radius 2 is 1.74 bits per heavy atom. The molecule has 1 aliphatic rings. The molecule has 0 saturated carbocycles. The van der Waals surface area contributed by atoms with Crippen molar-refractivity contribution in [3.63, 3.8) is 0 Å². The van der Waals surface area contributed by atoms with Gasteiger partial charge in [0.25, 0.3) is 15.9 Å². The lowest BCUT2D eigenvalue weighted by molar-refractivity contribution is -0.137. The van der Waals surface area contributed by atoms with Gasteiger partial charge < -0.3 is 9.64 Å². The van der Waals surface area contributed by atoms with Crippen molar-refractivity contribution in [1.29, 1.82) is 0 Å². The lowest BCUT2D eigenvalue weighted by Crippen LogP contribution is -2.48. The first kappa shape index (κ1) is 23.4. The van der Waals surface area contributed by atoms with E-state index in [1.165, 1.54) is 18.2 Å². The molecular weight excluding hydrogens is 457 g/mol. The molecule has 0 aromatic heterocycles. The second-order valence-corrected chi connectivity index (χ2v) is 9.32. The van der Waals surface area contributed by atoms with Crippen LogP contribution in [0.4, 0.5) is 18.9 Å². The van der Waals surface area contributed by atoms with E-state index in [4.69, 9.17) is 16.3 Å². The average Bonchev–Trinajstić information content (AvgIpc) is 2.66. The lowest BCUT2D eigenvalue weighted by atomic mass is 10.1. The van der Waals surface area contributed by atoms with Gasteiger partial charge in [-0.3, -0.25) is 9.52 Å². The first-order valence-electron chi connectivity index (χ1n) is 9.32. The number of benzene rings is 2. The Bertz CT molecular complexity index is 1080. The number of carbonyl (C=O) groups excluding carboxylic acids is 1. The molecule has 2 aromatic rings. The minimum Gasteiger partial charge on any atom is -0.372 e. The molecule has 1 heterocycles. The van der Waals surface area contributed by atoms with Gasteiger partial charge in [0.15, 0.2) is 0 Å². The summed E-state index contributed by atoms with van der Waals surface area (Å²) in [6, 6.07) is 7.90. The van der Waals surface area contributed by atoms with E-state index in [1.54, 1.807) is 11.0 Å². The number of para-hydroxylation sites is 1. The molecule has 2 aromatic carbocycles. The van der Waals surface area contributed by atoms with Crippen molar-refractivity contribution in [1.82, 2.24) is 4.90 Å². The first-order valence-corrected chi connectivity index (χ1v) is 11.2. The van der Waals surface area contributed by atoms with Crippen LogP contribution < -0.4 is 4.72 Å². The normalized spacial score (nSPS) is 19.9. The number of rotatable bonds is 4. The second-order valence-electron chi connectivity index (χ2n) is 7.26. The molecule has 168 valence electrons. The van der Waals surface area contributed by atoms with Crippen molar-refractivity contribution < 1.29 is 31.1 Å². The average molecular weight is 477 g/mol. The third-order valence-electron chi connectivity index (χ3n) is 4.66. The van der Waals surface area contributed by atoms with E-state index in [0.717, 1.165) is 6.07 Å². The molecule has 1 saturated heterocycles. The van der Waals surface area contributed by atoms with E-state index >= 15 is 0 Å². The van der Waals surface area contributed by atoms with Crippen molar-refractivity contribution in [2.24, 2.45) is 0 Å². The van der Waals surface area contributed by atoms with Crippen LogP contribution in [-0.4, -0.2) is 44.5 Å². The molecule has 1 fully saturated rings. The Morgan fingerprint density at radius 1 is 1.13 bits per heavy atom. The number of nitrogens with one attached hydrogen (secondary N) is 1. The quantitative estimate of drug-likeness (QED) is 0.709. The number of halogens is 4. The summed E-state index contributed by atoms with van der Waals surface area (Å²) in [5.41, 5.74) is -1.15. The Balaban J connectivity index is 1.95. The molecule has 6 nitrogen and oxygen atoms in total. The number of nitrogens with zero attached hydrogens (tertiary/aromatic N) is 1. The number of amides is 1. The number of carbonyl (C=O) groups is 1. The predicted molar refractivity (Wildman–Crippen MR) is 110 cm³/mol. The van der Waals surface area contributed by atoms with Crippen LogP contribution in [0, 0.1) is 0 Å². The lowest BCUT2D eigenvalue weighted by Gasteiger charge is -2.35. The van der Waals surface area contributed by atoms with Crippen LogP contribution in [-0.2, 0) is 20.9 Å². The number of alkyl halides is 3. The number of morpholine rings is 1. The summed E-state index contributed by atoms with van der Waals surface area (Å²) in [6.45, 7) is 4.29. The predicted octanol–water partition coefficient (Wildman–Crippen LogP) is 4.41. The van der Waals surface area contributed by atoms with Crippen molar-refractivity contribution in [2.45, 2.75) is 37.1 Å². The van der Waals surface area contributed by atoms with Gasteiger partial charge in [0.05, 0.1) is 34.0 Å². The number of sulfonamides is 1. The SMILES string of the molecule is C[C@@H]1CN(C(=O)c2ccccc2NS(=O)(=O)c2cc(C(F)(F)F)ccc2Cl)C[C@H](C)O1. The molecule has 0 aliphatic carbocycles. The zero-order valence-electron chi connectivity index (χ0n) is 16.6. The van der Waals surface area contributed by atoms with Gasteiger partial charge in [-0.1, -0.05) is 23.7 Å². The third kappa shape index (κ3) is 5.31. The van der Waals surface area contributed by atoms with Gasteiger partial charge in [0.1, 0.15) is 4.90 Å². The maximum atomic E-state index is 13.0. The molecular formula is C20H20ClF3N2O4S. The Hall–Kier alpha value is -2.30. The maximum Gasteiger partial charge on any atom is 0.416 e. The highest BCUT2D eigenvalue weighted by molar-refractivity contribution is 7.92. The Morgan fingerprint density at radius 3 is 2.35 bits per heavy atom. The van der Waals surface area contributed by atoms with Crippen molar-refractivity contribution in [3.8, 4) is 0 Å². The van der Waals surface area contributed by atoms with Gasteiger partial charge in [-0.25, -0.2) is 8.42 Å². The van der Waals surface area contributed by atoms with Crippen LogP contribution in [0.5, 0.6) is 0 Å². The van der Waals surface area contributed by atoms with Crippen LogP contribution in [0.25, 0.3) is 0 Å². The Labute approximate surface area is 183 Å². The van der Waals surface area contributed by atoms with Gasteiger partial charge in [-0.15, -0.1) is 0 Å². The fourth-order valence-electron chi connectivity index (χ4n) is 3.36. The Kier molecular flexibility index (Phi) is 6.54. The fourth-order valence-corrected chi connectivity index (χ4v) is 4.96. The zero-order valence-corrected chi connectivity index (χ0v) is 18.2. The zero-order chi connectivity index (χ0) is 23.0. The van der Waals surface area contributed by atoms with E-state index < -0.39 is 32.6 Å². The standard InChI is InChI=1S/C20H20ClF3N2O4S/c1-12-10-26(11-13(2)30-12)19(27)15-5-3-4-6-17(15)25-31(28,29)18-9-14(20(22,23)24)7-8-16(18)21/h3-9,12-13,25H,10-11H2,1-2H3/t12-,13+. The molecule has 11 heteroatoms. The van der Waals surface area contributed by atoms with Crippen LogP contribution in [0.1, 0.15) is 29.8 Å². The molecule has 0 radical (unpaired) electrons. The third-order valence-corrected chi connectivity index (χ3v) is 6.50. The van der Waals surface area contributed by atoms with Crippen LogP contribution >= 0.6 is 11.6 Å². The highest BCUT2D eigenvalue weighted by Gasteiger charge is 2.33. The number of ether oxygens (including phenoxy) is 1. The summed E-state index contributed by atoms with van der Waals surface area (Å²) in [4.78, 5) is 13.9. The molecule has 31 heavy (non-hydrogen) atoms. The fraction of sp³-hybridized carbons (Fsp3) is 0.350. The second kappa shape index (κ2) is 8.68. The summed E-state index contributed by atoms with van der Waals surface area (Å²) in [7, 11) is -4.51. The van der Waals surface area contributed by atoms with Crippen LogP contribution in [0.2, 0.25) is 5.02 Å². The highest BCUT2D eigenvalue weighted by atomic mass is 35.5. The smallest absolute Gasteiger partial charge is 0.372 e. The summed E-state index contributed by atoms with van der Waals surface area (Å²) >= 11 is 5.88. The van der Waals surface area contributed by atoms with Gasteiger partial charge in [-0.2, -0.15) is 13.2 Å². The van der Waals surface area contributed by atoms with Crippen LogP contribution in [0.15, 0.2) is 47.4 Å². The van der Waals surface area contributed by atoms with Crippen molar-refractivity contribution in [2.75, 3.05) is 17.8 Å². The van der Waals surface area contributed by atoms with Gasteiger partial charge in [0, 0.05) is 13.1 Å². The van der Waals surface area contributed by atoms with Gasteiger partial charge >= 0.3 is 6.18 Å². The molecule has 2 atom stereocenters. The molecule has 3 rings (SSSR count). The topological polar surface area (TPSA) is 75.7 Å². The molecule has 1 aliphatic heterocycles. The first-order chi connectivity index (χ1) is 14.4. The molecule has 1 N–H and O–H groups in total. The molecule has 0 spiro atoms. The van der Waals surface area contributed by atoms with E-state index in [1.807, 2.05) is 13.8 Å². The summed E-state index contributed by atoms with van der Waals surface area (Å²) in [5, 5.41) is -0.375. The number of hydrogen-bond donors (Lipinski definition) is 1. The summed E-state index contributed by atoms with van der Waals surface area (Å²) in [5.74, 6) is -0.421. The highest BCUT2D eigenvalue weighted by Crippen LogP contribution is 2.34. The molecule has 0 unspecified atom stereocenters. The summed E-state index contributed by atoms with van der Waals surface area (Å²) in [6.07, 6.45) is -5.13. The monoisotopic (exact) mass is 476 g/mol. The van der Waals surface area contributed by atoms with Gasteiger partial charge in [0.2, 0.25) is 0 Å².